The zero-order valence-electron chi connectivity index (χ0n) is 14.6. The molecule has 3 aromatic rings. The Morgan fingerprint density at radius 2 is 1.44 bits per heavy atom. The molecule has 0 aliphatic rings. The van der Waals surface area contributed by atoms with Gasteiger partial charge in [0.2, 0.25) is 0 Å². The summed E-state index contributed by atoms with van der Waals surface area (Å²) in [5, 5.41) is 2.42. The molecule has 0 amide bonds. The van der Waals surface area contributed by atoms with Crippen LogP contribution in [0.2, 0.25) is 0 Å². The van der Waals surface area contributed by atoms with E-state index in [2.05, 4.69) is 90.8 Å². The van der Waals surface area contributed by atoms with Crippen molar-refractivity contribution < 1.29 is 0 Å². The van der Waals surface area contributed by atoms with Crippen LogP contribution < -0.4 is 0 Å². The van der Waals surface area contributed by atoms with Crippen molar-refractivity contribution in [2.45, 2.75) is 26.7 Å². The van der Waals surface area contributed by atoms with E-state index in [1.165, 1.54) is 39.8 Å². The molecule has 3 rings (SSSR count). The third-order valence-corrected chi connectivity index (χ3v) is 4.50. The van der Waals surface area contributed by atoms with Crippen LogP contribution in [0.1, 0.15) is 24.5 Å². The number of aryl methyl sites for hydroxylation is 2. The predicted octanol–water partition coefficient (Wildman–Crippen LogP) is 7.02. The zero-order chi connectivity index (χ0) is 17.6. The molecule has 124 valence electrons. The molecule has 0 bridgehead atoms. The van der Waals surface area contributed by atoms with Gasteiger partial charge in [0.1, 0.15) is 0 Å². The maximum absolute atomic E-state index is 4.67. The second-order valence-corrected chi connectivity index (χ2v) is 6.41. The Bertz CT molecular complexity index is 902. The first-order chi connectivity index (χ1) is 12.2. The number of aliphatic imine (C=N–C) groups is 1. The van der Waals surface area contributed by atoms with E-state index >= 15 is 0 Å². The topological polar surface area (TPSA) is 12.4 Å². The molecule has 0 unspecified atom stereocenters. The highest BCUT2D eigenvalue weighted by atomic mass is 32.1. The molecular formula is C23H21NS. The maximum Gasteiger partial charge on any atom is 0.0742 e. The Kier molecular flexibility index (Phi) is 5.55. The smallest absolute Gasteiger partial charge is 0.0742 e. The average Bonchev–Trinajstić information content (AvgIpc) is 2.63. The van der Waals surface area contributed by atoms with Gasteiger partial charge in [-0.05, 0) is 71.1 Å². The van der Waals surface area contributed by atoms with Gasteiger partial charge in [-0.2, -0.15) is 4.99 Å². The lowest BCUT2D eigenvalue weighted by molar-refractivity contribution is 0.922. The van der Waals surface area contributed by atoms with Crippen molar-refractivity contribution in [3.8, 4) is 22.3 Å². The second-order valence-electron chi connectivity index (χ2n) is 6.23. The molecule has 3 aromatic carbocycles. The minimum absolute atomic E-state index is 0.847. The van der Waals surface area contributed by atoms with Crippen molar-refractivity contribution in [2.75, 3.05) is 0 Å². The normalized spacial score (nSPS) is 10.3. The fourth-order valence-electron chi connectivity index (χ4n) is 3.09. The molecule has 0 aliphatic heterocycles. The quantitative estimate of drug-likeness (QED) is 0.358. The van der Waals surface area contributed by atoms with Crippen molar-refractivity contribution in [3.05, 3.63) is 77.9 Å². The number of hydrogen-bond acceptors (Lipinski definition) is 2. The molecule has 2 heteroatoms. The number of benzene rings is 3. The Hall–Kier alpha value is -2.54. The van der Waals surface area contributed by atoms with Crippen LogP contribution in [0.5, 0.6) is 0 Å². The Morgan fingerprint density at radius 1 is 0.840 bits per heavy atom. The summed E-state index contributed by atoms with van der Waals surface area (Å²) in [6.45, 7) is 4.31. The van der Waals surface area contributed by atoms with E-state index in [0.717, 1.165) is 12.1 Å². The summed E-state index contributed by atoms with van der Waals surface area (Å²) < 4.78 is 0. The van der Waals surface area contributed by atoms with E-state index in [-0.39, 0.29) is 0 Å². The lowest BCUT2D eigenvalue weighted by Gasteiger charge is -2.09. The van der Waals surface area contributed by atoms with Gasteiger partial charge in [-0.3, -0.25) is 0 Å². The van der Waals surface area contributed by atoms with Gasteiger partial charge in [0.05, 0.1) is 10.8 Å². The first-order valence-electron chi connectivity index (χ1n) is 8.59. The molecular weight excluding hydrogens is 322 g/mol. The van der Waals surface area contributed by atoms with Crippen molar-refractivity contribution >= 4 is 23.1 Å². The van der Waals surface area contributed by atoms with Crippen molar-refractivity contribution in [1.82, 2.24) is 0 Å². The summed E-state index contributed by atoms with van der Waals surface area (Å²) >= 11 is 4.67. The number of rotatable bonds is 5. The molecule has 0 saturated heterocycles. The molecule has 0 aliphatic carbocycles. The fraction of sp³-hybridized carbons (Fsp3) is 0.174. The molecule has 0 N–H and O–H groups in total. The molecule has 0 atom stereocenters. The SMILES string of the molecule is CCCc1ccc(-c2ccc(-c3ccc(N=C=S)cc3C)cc2)cc1. The van der Waals surface area contributed by atoms with Gasteiger partial charge in [-0.15, -0.1) is 0 Å². The number of thiocarbonyl (C=S) groups is 1. The van der Waals surface area contributed by atoms with E-state index in [0.29, 0.717) is 0 Å². The summed E-state index contributed by atoms with van der Waals surface area (Å²) in [6.07, 6.45) is 2.32. The summed E-state index contributed by atoms with van der Waals surface area (Å²) in [4.78, 5) is 4.04. The minimum Gasteiger partial charge on any atom is -0.195 e. The van der Waals surface area contributed by atoms with Gasteiger partial charge >= 0.3 is 0 Å². The molecule has 0 saturated carbocycles. The van der Waals surface area contributed by atoms with Crippen LogP contribution in [-0.4, -0.2) is 5.16 Å². The second kappa shape index (κ2) is 8.02. The van der Waals surface area contributed by atoms with Gasteiger partial charge in [-0.25, -0.2) is 0 Å². The van der Waals surface area contributed by atoms with Gasteiger partial charge in [0.15, 0.2) is 0 Å². The maximum atomic E-state index is 4.67. The van der Waals surface area contributed by atoms with E-state index in [9.17, 15) is 0 Å². The van der Waals surface area contributed by atoms with E-state index < -0.39 is 0 Å². The summed E-state index contributed by atoms with van der Waals surface area (Å²) in [5.74, 6) is 0. The molecule has 0 fully saturated rings. The number of hydrogen-bond donors (Lipinski definition) is 0. The lowest BCUT2D eigenvalue weighted by Crippen LogP contribution is -1.85. The molecule has 0 spiro atoms. The largest absolute Gasteiger partial charge is 0.195 e. The van der Waals surface area contributed by atoms with Gasteiger partial charge in [-0.1, -0.05) is 67.9 Å². The van der Waals surface area contributed by atoms with Crippen LogP contribution in [0.15, 0.2) is 71.7 Å². The van der Waals surface area contributed by atoms with E-state index in [4.69, 9.17) is 0 Å². The van der Waals surface area contributed by atoms with Gasteiger partial charge in [0.25, 0.3) is 0 Å². The highest BCUT2D eigenvalue weighted by molar-refractivity contribution is 7.78. The third kappa shape index (κ3) is 4.11. The zero-order valence-corrected chi connectivity index (χ0v) is 15.4. The first kappa shape index (κ1) is 17.3. The van der Waals surface area contributed by atoms with Crippen LogP contribution in [0.25, 0.3) is 22.3 Å². The minimum atomic E-state index is 0.847. The average molecular weight is 343 g/mol. The Labute approximate surface area is 155 Å². The van der Waals surface area contributed by atoms with Crippen LogP contribution in [0.3, 0.4) is 0 Å². The van der Waals surface area contributed by atoms with Crippen LogP contribution >= 0.6 is 12.2 Å². The van der Waals surface area contributed by atoms with E-state index in [1.807, 2.05) is 12.1 Å². The fourth-order valence-corrected chi connectivity index (χ4v) is 3.19. The van der Waals surface area contributed by atoms with Crippen LogP contribution in [0.4, 0.5) is 5.69 Å². The summed E-state index contributed by atoms with van der Waals surface area (Å²) in [6, 6.07) is 23.7. The monoisotopic (exact) mass is 343 g/mol. The Morgan fingerprint density at radius 3 is 2.00 bits per heavy atom. The van der Waals surface area contributed by atoms with Gasteiger partial charge < -0.3 is 0 Å². The summed E-state index contributed by atoms with van der Waals surface area (Å²) in [5.41, 5.74) is 8.36. The first-order valence-corrected chi connectivity index (χ1v) is 9.00. The summed E-state index contributed by atoms with van der Waals surface area (Å²) in [7, 11) is 0. The number of isothiocyanates is 1. The lowest BCUT2D eigenvalue weighted by atomic mass is 9.96. The highest BCUT2D eigenvalue weighted by Crippen LogP contribution is 2.29. The van der Waals surface area contributed by atoms with Crippen molar-refractivity contribution in [3.63, 3.8) is 0 Å². The third-order valence-electron chi connectivity index (χ3n) is 4.41. The Balaban J connectivity index is 1.86. The highest BCUT2D eigenvalue weighted by Gasteiger charge is 2.04. The number of nitrogens with zero attached hydrogens (tertiary/aromatic N) is 1. The van der Waals surface area contributed by atoms with Crippen molar-refractivity contribution in [1.29, 1.82) is 0 Å². The van der Waals surface area contributed by atoms with Gasteiger partial charge in [0, 0.05) is 0 Å². The van der Waals surface area contributed by atoms with Crippen LogP contribution in [-0.2, 0) is 6.42 Å². The molecule has 25 heavy (non-hydrogen) atoms. The van der Waals surface area contributed by atoms with Crippen LogP contribution in [0, 0.1) is 6.92 Å². The standard InChI is InChI=1S/C23H21NS/c1-3-4-18-5-7-19(8-6-18)20-9-11-21(12-10-20)23-14-13-22(24-16-25)15-17(23)2/h5-15H,3-4H2,1-2H3. The predicted molar refractivity (Wildman–Crippen MR) is 111 cm³/mol. The molecule has 0 radical (unpaired) electrons. The molecule has 0 heterocycles. The van der Waals surface area contributed by atoms with E-state index in [1.54, 1.807) is 0 Å². The molecule has 1 nitrogen and oxygen atoms in total. The molecule has 0 aromatic heterocycles. The van der Waals surface area contributed by atoms with Crippen molar-refractivity contribution in [2.24, 2.45) is 4.99 Å².